The van der Waals surface area contributed by atoms with Gasteiger partial charge in [0.15, 0.2) is 0 Å². The van der Waals surface area contributed by atoms with E-state index in [1.54, 1.807) is 0 Å². The third kappa shape index (κ3) is 1.66. The van der Waals surface area contributed by atoms with E-state index in [2.05, 4.69) is 42.5 Å². The quantitative estimate of drug-likeness (QED) is 0.798. The van der Waals surface area contributed by atoms with E-state index in [9.17, 15) is 5.11 Å². The first kappa shape index (κ1) is 12.4. The van der Waals surface area contributed by atoms with Crippen molar-refractivity contribution in [3.63, 3.8) is 0 Å². The monoisotopic (exact) mass is 266 g/mol. The van der Waals surface area contributed by atoms with Crippen LogP contribution in [0.3, 0.4) is 0 Å². The van der Waals surface area contributed by atoms with E-state index in [1.165, 1.54) is 54.9 Å². The van der Waals surface area contributed by atoms with Crippen molar-refractivity contribution >= 4 is 10.8 Å². The average molecular weight is 266 g/mol. The third-order valence-corrected chi connectivity index (χ3v) is 5.68. The molecule has 2 saturated carbocycles. The highest BCUT2D eigenvalue weighted by atomic mass is 16.3. The summed E-state index contributed by atoms with van der Waals surface area (Å²) in [5, 5.41) is 14.1. The second kappa shape index (κ2) is 4.60. The Labute approximate surface area is 120 Å². The molecule has 20 heavy (non-hydrogen) atoms. The molecule has 1 N–H and O–H groups in total. The number of benzene rings is 2. The zero-order valence-corrected chi connectivity index (χ0v) is 11.9. The molecule has 0 unspecified atom stereocenters. The summed E-state index contributed by atoms with van der Waals surface area (Å²) in [6.07, 6.45) is 7.35. The molecule has 0 atom stereocenters. The highest BCUT2D eigenvalue weighted by molar-refractivity contribution is 5.86. The Balaban J connectivity index is 1.93. The lowest BCUT2D eigenvalue weighted by atomic mass is 9.58. The predicted octanol–water partition coefficient (Wildman–Crippen LogP) is 4.63. The van der Waals surface area contributed by atoms with Crippen molar-refractivity contribution in [3.05, 3.63) is 48.0 Å². The molecule has 2 aliphatic carbocycles. The molecule has 2 aromatic carbocycles. The maximum atomic E-state index is 11.6. The average Bonchev–Trinajstić information content (AvgIpc) is 2.46. The number of hydrogen-bond donors (Lipinski definition) is 1. The van der Waals surface area contributed by atoms with Gasteiger partial charge in [-0.2, -0.15) is 0 Å². The van der Waals surface area contributed by atoms with Crippen LogP contribution in [0.25, 0.3) is 10.8 Å². The fraction of sp³-hybridized carbons (Fsp3) is 0.474. The van der Waals surface area contributed by atoms with Gasteiger partial charge in [-0.15, -0.1) is 0 Å². The fourth-order valence-corrected chi connectivity index (χ4v) is 4.74. The lowest BCUT2D eigenvalue weighted by Crippen LogP contribution is -2.48. The second-order valence-corrected chi connectivity index (χ2v) is 6.61. The van der Waals surface area contributed by atoms with Crippen molar-refractivity contribution in [1.29, 1.82) is 0 Å². The summed E-state index contributed by atoms with van der Waals surface area (Å²) >= 11 is 0. The molecular weight excluding hydrogens is 244 g/mol. The number of rotatable bonds is 1. The first-order chi connectivity index (χ1) is 9.80. The van der Waals surface area contributed by atoms with Gasteiger partial charge < -0.3 is 5.11 Å². The maximum absolute atomic E-state index is 11.6. The largest absolute Gasteiger partial charge is 0.385 e. The van der Waals surface area contributed by atoms with Gasteiger partial charge >= 0.3 is 0 Å². The van der Waals surface area contributed by atoms with Crippen molar-refractivity contribution in [2.75, 3.05) is 0 Å². The van der Waals surface area contributed by atoms with Crippen LogP contribution in [0.2, 0.25) is 0 Å². The van der Waals surface area contributed by atoms with Crippen molar-refractivity contribution < 1.29 is 5.11 Å². The van der Waals surface area contributed by atoms with E-state index in [0.717, 1.165) is 0 Å². The lowest BCUT2D eigenvalue weighted by Gasteiger charge is -2.50. The molecule has 2 aromatic rings. The summed E-state index contributed by atoms with van der Waals surface area (Å²) in [5.74, 6) is 0.918. The number of fused-ring (bicyclic) bond motifs is 3. The molecule has 0 aliphatic heterocycles. The Bertz CT molecular complexity index is 603. The van der Waals surface area contributed by atoms with Crippen LogP contribution in [-0.2, 0) is 5.60 Å². The van der Waals surface area contributed by atoms with E-state index < -0.39 is 5.60 Å². The first-order valence-electron chi connectivity index (χ1n) is 8.01. The minimum absolute atomic E-state index is 0.459. The van der Waals surface area contributed by atoms with Crippen LogP contribution < -0.4 is 0 Å². The molecule has 0 radical (unpaired) electrons. The van der Waals surface area contributed by atoms with E-state index in [-0.39, 0.29) is 0 Å². The highest BCUT2D eigenvalue weighted by Crippen LogP contribution is 2.53. The Morgan fingerprint density at radius 2 is 1.40 bits per heavy atom. The van der Waals surface area contributed by atoms with Gasteiger partial charge in [0.1, 0.15) is 0 Å². The summed E-state index contributed by atoms with van der Waals surface area (Å²) in [7, 11) is 0. The molecule has 1 nitrogen and oxygen atoms in total. The van der Waals surface area contributed by atoms with Gasteiger partial charge in [-0.05, 0) is 53.9 Å². The number of aliphatic hydroxyl groups is 1. The minimum Gasteiger partial charge on any atom is -0.385 e. The molecule has 2 fully saturated rings. The van der Waals surface area contributed by atoms with Gasteiger partial charge in [0.2, 0.25) is 0 Å². The van der Waals surface area contributed by atoms with Gasteiger partial charge in [-0.1, -0.05) is 55.3 Å². The fourth-order valence-electron chi connectivity index (χ4n) is 4.74. The number of hydrogen-bond acceptors (Lipinski definition) is 1. The van der Waals surface area contributed by atoms with Gasteiger partial charge in [-0.3, -0.25) is 0 Å². The van der Waals surface area contributed by atoms with Crippen LogP contribution >= 0.6 is 0 Å². The van der Waals surface area contributed by atoms with E-state index in [1.807, 2.05) is 0 Å². The van der Waals surface area contributed by atoms with Crippen molar-refractivity contribution in [2.45, 2.75) is 44.1 Å². The Kier molecular flexibility index (Phi) is 2.85. The first-order valence-corrected chi connectivity index (χ1v) is 8.01. The second-order valence-electron chi connectivity index (χ2n) is 6.61. The summed E-state index contributed by atoms with van der Waals surface area (Å²) in [5.41, 5.74) is 0.599. The smallest absolute Gasteiger partial charge is 0.0958 e. The Hall–Kier alpha value is -1.34. The van der Waals surface area contributed by atoms with Crippen LogP contribution in [0.1, 0.15) is 44.1 Å². The summed E-state index contributed by atoms with van der Waals surface area (Å²) in [6.45, 7) is 0. The van der Waals surface area contributed by atoms with Crippen LogP contribution in [0.15, 0.2) is 42.5 Å². The molecule has 2 bridgehead atoms. The molecule has 1 heteroatoms. The van der Waals surface area contributed by atoms with Crippen LogP contribution in [0.5, 0.6) is 0 Å². The van der Waals surface area contributed by atoms with E-state index in [0.29, 0.717) is 11.8 Å². The molecule has 0 amide bonds. The van der Waals surface area contributed by atoms with Crippen LogP contribution in [0, 0.1) is 11.8 Å². The molecular formula is C19H22O. The standard InChI is InChI=1S/C19H22O/c20-19(15-8-4-9-16(19)11-5-10-15)18-13-3-7-14-6-1-2-12-17(14)18/h1-3,6-7,12-13,15-16,20H,4-5,8-11H2. The normalized spacial score (nSPS) is 33.2. The third-order valence-electron chi connectivity index (χ3n) is 5.68. The van der Waals surface area contributed by atoms with Crippen molar-refractivity contribution in [3.8, 4) is 0 Å². The van der Waals surface area contributed by atoms with E-state index in [4.69, 9.17) is 0 Å². The maximum Gasteiger partial charge on any atom is 0.0958 e. The van der Waals surface area contributed by atoms with Crippen molar-refractivity contribution in [1.82, 2.24) is 0 Å². The molecule has 2 aliphatic rings. The Morgan fingerprint density at radius 3 is 2.10 bits per heavy atom. The molecule has 104 valence electrons. The minimum atomic E-state index is -0.586. The molecule has 0 saturated heterocycles. The SMILES string of the molecule is OC1(c2cccc3ccccc23)C2CCCC1CCC2. The van der Waals surface area contributed by atoms with Crippen molar-refractivity contribution in [2.24, 2.45) is 11.8 Å². The summed E-state index contributed by atoms with van der Waals surface area (Å²) < 4.78 is 0. The molecule has 0 heterocycles. The van der Waals surface area contributed by atoms with Crippen LogP contribution in [-0.4, -0.2) is 5.11 Å². The van der Waals surface area contributed by atoms with Gasteiger partial charge in [0.25, 0.3) is 0 Å². The Morgan fingerprint density at radius 1 is 0.800 bits per heavy atom. The molecule has 0 aromatic heterocycles. The van der Waals surface area contributed by atoms with Gasteiger partial charge in [0, 0.05) is 0 Å². The van der Waals surface area contributed by atoms with Gasteiger partial charge in [-0.25, -0.2) is 0 Å². The van der Waals surface area contributed by atoms with Crippen LogP contribution in [0.4, 0.5) is 0 Å². The predicted molar refractivity (Wildman–Crippen MR) is 82.5 cm³/mol. The lowest BCUT2D eigenvalue weighted by molar-refractivity contribution is -0.125. The zero-order chi connectivity index (χ0) is 13.6. The molecule has 4 rings (SSSR count). The molecule has 0 spiro atoms. The summed E-state index contributed by atoms with van der Waals surface area (Å²) in [6, 6.07) is 14.9. The summed E-state index contributed by atoms with van der Waals surface area (Å²) in [4.78, 5) is 0. The van der Waals surface area contributed by atoms with Gasteiger partial charge in [0.05, 0.1) is 5.60 Å². The van der Waals surface area contributed by atoms with E-state index >= 15 is 0 Å². The zero-order valence-electron chi connectivity index (χ0n) is 11.9. The highest BCUT2D eigenvalue weighted by Gasteiger charge is 2.49. The topological polar surface area (TPSA) is 20.2 Å².